The van der Waals surface area contributed by atoms with E-state index in [4.69, 9.17) is 42.6 Å². The molecule has 0 rings (SSSR count). The molecule has 0 aliphatic heterocycles. The molecule has 0 unspecified atom stereocenters. The van der Waals surface area contributed by atoms with Crippen molar-refractivity contribution in [1.29, 1.82) is 0 Å². The lowest BCUT2D eigenvalue weighted by Crippen LogP contribution is -2.36. The van der Waals surface area contributed by atoms with Gasteiger partial charge in [-0.15, -0.1) is 0 Å². The summed E-state index contributed by atoms with van der Waals surface area (Å²) in [4.78, 5) is 25.0. The first-order chi connectivity index (χ1) is 20.8. The predicted octanol–water partition coefficient (Wildman–Crippen LogP) is 4.26. The van der Waals surface area contributed by atoms with Crippen molar-refractivity contribution in [2.45, 2.75) is 78.2 Å². The Morgan fingerprint density at radius 1 is 0.535 bits per heavy atom. The molecule has 43 heavy (non-hydrogen) atoms. The molecule has 0 aliphatic rings. The number of carbonyl (C=O) groups excluding carboxylic acids is 2. The Labute approximate surface area is 260 Å². The van der Waals surface area contributed by atoms with Gasteiger partial charge in [0, 0.05) is 20.0 Å². The van der Waals surface area contributed by atoms with E-state index in [1.54, 1.807) is 7.05 Å². The highest BCUT2D eigenvalue weighted by Crippen LogP contribution is 2.09. The quantitative estimate of drug-likeness (QED) is 0.0814. The number of hydrogen-bond donors (Lipinski definition) is 0. The Morgan fingerprint density at radius 2 is 0.907 bits per heavy atom. The van der Waals surface area contributed by atoms with Gasteiger partial charge in [0.25, 0.3) is 0 Å². The van der Waals surface area contributed by atoms with Gasteiger partial charge in [0.1, 0.15) is 12.2 Å². The van der Waals surface area contributed by atoms with Gasteiger partial charge in [0.05, 0.1) is 92.5 Å². The standard InChI is InChI=1S/C31H61NO11/c1-6-7-8-9-10-11-12-29(33)42-28-27-41-26-25-40-24-23-39-22-21-38-20-19-37-18-17-36-16-15-35-14-13-32(5)30(34)43-31(2,3)4/h6-28H2,1-5H3. The summed E-state index contributed by atoms with van der Waals surface area (Å²) in [5, 5.41) is 0. The Bertz CT molecular complexity index is 631. The van der Waals surface area contributed by atoms with E-state index in [2.05, 4.69) is 6.92 Å². The number of rotatable bonds is 31. The molecule has 0 saturated carbocycles. The molecule has 0 atom stereocenters. The van der Waals surface area contributed by atoms with Crippen molar-refractivity contribution in [3.8, 4) is 0 Å². The maximum atomic E-state index is 11.8. The fourth-order valence-corrected chi connectivity index (χ4v) is 3.39. The van der Waals surface area contributed by atoms with Crippen LogP contribution in [0.25, 0.3) is 0 Å². The lowest BCUT2D eigenvalue weighted by atomic mass is 10.1. The van der Waals surface area contributed by atoms with E-state index in [-0.39, 0.29) is 18.7 Å². The number of amides is 1. The molecule has 1 amide bonds. The molecule has 0 saturated heterocycles. The van der Waals surface area contributed by atoms with E-state index in [0.717, 1.165) is 12.8 Å². The van der Waals surface area contributed by atoms with E-state index in [1.165, 1.54) is 30.6 Å². The number of esters is 1. The molecule has 256 valence electrons. The third-order valence-electron chi connectivity index (χ3n) is 5.73. The SMILES string of the molecule is CCCCCCCCC(=O)OCCOCCOCCOCCOCCOCCOCCOCCN(C)C(=O)OC(C)(C)C. The fourth-order valence-electron chi connectivity index (χ4n) is 3.39. The van der Waals surface area contributed by atoms with Gasteiger partial charge in [-0.3, -0.25) is 4.79 Å². The highest BCUT2D eigenvalue weighted by atomic mass is 16.6. The zero-order valence-corrected chi connectivity index (χ0v) is 27.7. The number of ether oxygens (including phenoxy) is 9. The smallest absolute Gasteiger partial charge is 0.410 e. The molecule has 0 radical (unpaired) electrons. The molecule has 0 spiro atoms. The monoisotopic (exact) mass is 623 g/mol. The van der Waals surface area contributed by atoms with Crippen LogP contribution in [0.5, 0.6) is 0 Å². The number of unbranched alkanes of at least 4 members (excludes halogenated alkanes) is 5. The van der Waals surface area contributed by atoms with E-state index in [1.807, 2.05) is 20.8 Å². The maximum Gasteiger partial charge on any atom is 0.410 e. The summed E-state index contributed by atoms with van der Waals surface area (Å²) >= 11 is 0. The summed E-state index contributed by atoms with van der Waals surface area (Å²) < 4.78 is 48.6. The molecule has 0 aromatic carbocycles. The number of nitrogens with zero attached hydrogens (tertiary/aromatic N) is 1. The number of carbonyl (C=O) groups is 2. The van der Waals surface area contributed by atoms with Gasteiger partial charge in [-0.2, -0.15) is 0 Å². The number of hydrogen-bond acceptors (Lipinski definition) is 11. The summed E-state index contributed by atoms with van der Waals surface area (Å²) in [5.74, 6) is -0.146. The van der Waals surface area contributed by atoms with E-state index in [0.29, 0.717) is 105 Å². The zero-order valence-electron chi connectivity index (χ0n) is 27.7. The normalized spacial score (nSPS) is 11.6. The van der Waals surface area contributed by atoms with Gasteiger partial charge in [0.15, 0.2) is 0 Å². The van der Waals surface area contributed by atoms with Crippen molar-refractivity contribution in [2.24, 2.45) is 0 Å². The highest BCUT2D eigenvalue weighted by molar-refractivity contribution is 5.69. The summed E-state index contributed by atoms with van der Waals surface area (Å²) in [6.07, 6.45) is 7.05. The Balaban J connectivity index is 3.21. The summed E-state index contributed by atoms with van der Waals surface area (Å²) in [6, 6.07) is 0. The molecule has 12 nitrogen and oxygen atoms in total. The molecule has 0 aromatic heterocycles. The van der Waals surface area contributed by atoms with Crippen LogP contribution in [0.4, 0.5) is 4.79 Å². The van der Waals surface area contributed by atoms with Crippen LogP contribution < -0.4 is 0 Å². The predicted molar refractivity (Wildman–Crippen MR) is 164 cm³/mol. The van der Waals surface area contributed by atoms with Crippen LogP contribution in [0.2, 0.25) is 0 Å². The van der Waals surface area contributed by atoms with Crippen molar-refractivity contribution in [3.63, 3.8) is 0 Å². The van der Waals surface area contributed by atoms with Crippen LogP contribution in [-0.4, -0.2) is 135 Å². The van der Waals surface area contributed by atoms with Crippen LogP contribution in [0.1, 0.15) is 72.6 Å². The van der Waals surface area contributed by atoms with Gasteiger partial charge in [0.2, 0.25) is 0 Å². The first-order valence-corrected chi connectivity index (χ1v) is 15.9. The topological polar surface area (TPSA) is 120 Å². The minimum absolute atomic E-state index is 0.146. The second-order valence-electron chi connectivity index (χ2n) is 10.9. The zero-order chi connectivity index (χ0) is 31.9. The van der Waals surface area contributed by atoms with Gasteiger partial charge >= 0.3 is 12.1 Å². The van der Waals surface area contributed by atoms with E-state index < -0.39 is 5.60 Å². The van der Waals surface area contributed by atoms with Gasteiger partial charge in [-0.25, -0.2) is 4.79 Å². The molecule has 0 bridgehead atoms. The summed E-state index contributed by atoms with van der Waals surface area (Å²) in [5.41, 5.74) is -0.509. The largest absolute Gasteiger partial charge is 0.463 e. The van der Waals surface area contributed by atoms with E-state index in [9.17, 15) is 9.59 Å². The molecule has 0 aromatic rings. The maximum absolute atomic E-state index is 11.8. The van der Waals surface area contributed by atoms with Crippen molar-refractivity contribution >= 4 is 12.1 Å². The second-order valence-corrected chi connectivity index (χ2v) is 10.9. The van der Waals surface area contributed by atoms with Gasteiger partial charge in [-0.05, 0) is 27.2 Å². The lowest BCUT2D eigenvalue weighted by Gasteiger charge is -2.24. The van der Waals surface area contributed by atoms with Gasteiger partial charge in [-0.1, -0.05) is 39.0 Å². The van der Waals surface area contributed by atoms with Crippen LogP contribution in [-0.2, 0) is 47.4 Å². The Kier molecular flexibility index (Phi) is 29.4. The molecular weight excluding hydrogens is 562 g/mol. The number of likely N-dealkylation sites (N-methyl/N-ethyl adjacent to an activating group) is 1. The van der Waals surface area contributed by atoms with Gasteiger partial charge < -0.3 is 47.5 Å². The third kappa shape index (κ3) is 33.2. The minimum Gasteiger partial charge on any atom is -0.463 e. The molecule has 0 aliphatic carbocycles. The second kappa shape index (κ2) is 30.5. The fraction of sp³-hybridized carbons (Fsp3) is 0.935. The minimum atomic E-state index is -0.509. The average molecular weight is 624 g/mol. The third-order valence-corrected chi connectivity index (χ3v) is 5.73. The summed E-state index contributed by atoms with van der Waals surface area (Å²) in [6.45, 7) is 14.9. The van der Waals surface area contributed by atoms with Crippen molar-refractivity contribution < 1.29 is 52.2 Å². The van der Waals surface area contributed by atoms with Crippen LogP contribution in [0.3, 0.4) is 0 Å². The van der Waals surface area contributed by atoms with E-state index >= 15 is 0 Å². The lowest BCUT2D eigenvalue weighted by molar-refractivity contribution is -0.145. The average Bonchev–Trinajstić information content (AvgIpc) is 2.96. The van der Waals surface area contributed by atoms with Crippen molar-refractivity contribution in [1.82, 2.24) is 4.90 Å². The van der Waals surface area contributed by atoms with Crippen molar-refractivity contribution in [2.75, 3.05) is 113 Å². The Morgan fingerprint density at radius 3 is 1.33 bits per heavy atom. The first-order valence-electron chi connectivity index (χ1n) is 15.9. The molecular formula is C31H61NO11. The van der Waals surface area contributed by atoms with Crippen LogP contribution >= 0.6 is 0 Å². The summed E-state index contributed by atoms with van der Waals surface area (Å²) in [7, 11) is 1.68. The molecule has 0 N–H and O–H groups in total. The molecule has 0 fully saturated rings. The molecule has 0 heterocycles. The highest BCUT2D eigenvalue weighted by Gasteiger charge is 2.19. The Hall–Kier alpha value is -1.54. The van der Waals surface area contributed by atoms with Crippen LogP contribution in [0, 0.1) is 0 Å². The first kappa shape index (κ1) is 41.5. The molecule has 12 heteroatoms. The van der Waals surface area contributed by atoms with Crippen LogP contribution in [0.15, 0.2) is 0 Å². The van der Waals surface area contributed by atoms with Crippen molar-refractivity contribution in [3.05, 3.63) is 0 Å².